The summed E-state index contributed by atoms with van der Waals surface area (Å²) >= 11 is 0. The molecule has 0 aliphatic carbocycles. The summed E-state index contributed by atoms with van der Waals surface area (Å²) in [5.41, 5.74) is 2.10. The standard InChI is InChI=1S/C17H22N2O/c1-17(2,3)12-8-9-19(11-12)16(20)14-10-18-15-7-5-4-6-13(14)15/h4-7,10,12,18H,8-9,11H2,1-3H3. The van der Waals surface area contributed by atoms with Gasteiger partial charge in [-0.25, -0.2) is 0 Å². The molecule has 0 spiro atoms. The Morgan fingerprint density at radius 1 is 1.30 bits per heavy atom. The van der Waals surface area contributed by atoms with Crippen molar-refractivity contribution in [2.24, 2.45) is 11.3 Å². The molecule has 1 aliphatic heterocycles. The number of rotatable bonds is 1. The maximum Gasteiger partial charge on any atom is 0.256 e. The lowest BCUT2D eigenvalue weighted by molar-refractivity contribution is 0.0778. The number of carbonyl (C=O) groups is 1. The molecule has 0 bridgehead atoms. The van der Waals surface area contributed by atoms with Crippen molar-refractivity contribution in [1.29, 1.82) is 0 Å². The van der Waals surface area contributed by atoms with Crippen LogP contribution in [-0.2, 0) is 0 Å². The third-order valence-corrected chi connectivity index (χ3v) is 4.52. The van der Waals surface area contributed by atoms with E-state index in [4.69, 9.17) is 0 Å². The Bertz CT molecular complexity index is 636. The molecule has 2 aromatic rings. The topological polar surface area (TPSA) is 36.1 Å². The van der Waals surface area contributed by atoms with Gasteiger partial charge < -0.3 is 9.88 Å². The van der Waals surface area contributed by atoms with Crippen LogP contribution in [0.3, 0.4) is 0 Å². The average molecular weight is 270 g/mol. The first-order chi connectivity index (χ1) is 9.47. The fourth-order valence-corrected chi connectivity index (χ4v) is 3.07. The van der Waals surface area contributed by atoms with Gasteiger partial charge in [0, 0.05) is 30.2 Å². The van der Waals surface area contributed by atoms with E-state index >= 15 is 0 Å². The van der Waals surface area contributed by atoms with E-state index in [1.54, 1.807) is 0 Å². The summed E-state index contributed by atoms with van der Waals surface area (Å²) in [6, 6.07) is 7.98. The third-order valence-electron chi connectivity index (χ3n) is 4.52. The smallest absolute Gasteiger partial charge is 0.256 e. The highest BCUT2D eigenvalue weighted by molar-refractivity contribution is 6.06. The van der Waals surface area contributed by atoms with Crippen LogP contribution in [0.2, 0.25) is 0 Å². The Kier molecular flexibility index (Phi) is 3.08. The number of nitrogens with zero attached hydrogens (tertiary/aromatic N) is 1. The Balaban J connectivity index is 1.84. The molecule has 1 amide bonds. The largest absolute Gasteiger partial charge is 0.360 e. The highest BCUT2D eigenvalue weighted by Gasteiger charge is 2.34. The number of hydrogen-bond acceptors (Lipinski definition) is 1. The Morgan fingerprint density at radius 3 is 2.75 bits per heavy atom. The molecule has 1 unspecified atom stereocenters. The van der Waals surface area contributed by atoms with E-state index in [1.165, 1.54) is 0 Å². The van der Waals surface area contributed by atoms with Crippen molar-refractivity contribution in [3.05, 3.63) is 36.0 Å². The molecular weight excluding hydrogens is 248 g/mol. The second-order valence-electron chi connectivity index (χ2n) is 6.85. The molecule has 1 N–H and O–H groups in total. The fourth-order valence-electron chi connectivity index (χ4n) is 3.07. The minimum atomic E-state index is 0.161. The minimum Gasteiger partial charge on any atom is -0.360 e. The van der Waals surface area contributed by atoms with Gasteiger partial charge in [0.15, 0.2) is 0 Å². The first kappa shape index (κ1) is 13.2. The van der Waals surface area contributed by atoms with E-state index in [0.717, 1.165) is 36.0 Å². The van der Waals surface area contributed by atoms with Crippen molar-refractivity contribution >= 4 is 16.8 Å². The molecule has 1 atom stereocenters. The number of para-hydroxylation sites is 1. The molecule has 1 aliphatic rings. The lowest BCUT2D eigenvalue weighted by atomic mass is 9.80. The van der Waals surface area contributed by atoms with Gasteiger partial charge in [-0.05, 0) is 23.8 Å². The quantitative estimate of drug-likeness (QED) is 0.843. The van der Waals surface area contributed by atoms with Crippen LogP contribution in [-0.4, -0.2) is 28.9 Å². The number of likely N-dealkylation sites (tertiary alicyclic amines) is 1. The van der Waals surface area contributed by atoms with Gasteiger partial charge in [-0.15, -0.1) is 0 Å². The molecule has 106 valence electrons. The number of hydrogen-bond donors (Lipinski definition) is 1. The SMILES string of the molecule is CC(C)(C)C1CCN(C(=O)c2c[nH]c3ccccc23)C1. The zero-order chi connectivity index (χ0) is 14.3. The number of fused-ring (bicyclic) bond motifs is 1. The minimum absolute atomic E-state index is 0.161. The van der Waals surface area contributed by atoms with E-state index in [9.17, 15) is 4.79 Å². The lowest BCUT2D eigenvalue weighted by Gasteiger charge is -2.26. The Morgan fingerprint density at radius 2 is 2.05 bits per heavy atom. The highest BCUT2D eigenvalue weighted by Crippen LogP contribution is 2.34. The Labute approximate surface area is 120 Å². The molecule has 20 heavy (non-hydrogen) atoms. The molecule has 3 heteroatoms. The van der Waals surface area contributed by atoms with Crippen molar-refractivity contribution in [3.63, 3.8) is 0 Å². The predicted octanol–water partition coefficient (Wildman–Crippen LogP) is 3.68. The number of carbonyl (C=O) groups excluding carboxylic acids is 1. The highest BCUT2D eigenvalue weighted by atomic mass is 16.2. The molecule has 1 fully saturated rings. The van der Waals surface area contributed by atoms with E-state index in [1.807, 2.05) is 35.4 Å². The van der Waals surface area contributed by atoms with Crippen molar-refractivity contribution in [1.82, 2.24) is 9.88 Å². The molecular formula is C17H22N2O. The van der Waals surface area contributed by atoms with Crippen molar-refractivity contribution in [3.8, 4) is 0 Å². The summed E-state index contributed by atoms with van der Waals surface area (Å²) in [4.78, 5) is 17.9. The van der Waals surface area contributed by atoms with Crippen LogP contribution in [0.1, 0.15) is 37.6 Å². The van der Waals surface area contributed by atoms with Gasteiger partial charge in [0.05, 0.1) is 5.56 Å². The second kappa shape index (κ2) is 4.65. The van der Waals surface area contributed by atoms with Gasteiger partial charge in [0.2, 0.25) is 0 Å². The van der Waals surface area contributed by atoms with Crippen molar-refractivity contribution in [2.75, 3.05) is 13.1 Å². The summed E-state index contributed by atoms with van der Waals surface area (Å²) in [5, 5.41) is 1.02. The van der Waals surface area contributed by atoms with E-state index in [0.29, 0.717) is 5.92 Å². The molecule has 2 heterocycles. The summed E-state index contributed by atoms with van der Waals surface area (Å²) in [6.07, 6.45) is 2.95. The average Bonchev–Trinajstić information content (AvgIpc) is 3.04. The van der Waals surface area contributed by atoms with Gasteiger partial charge in [-0.1, -0.05) is 39.0 Å². The molecule has 0 saturated carbocycles. The summed E-state index contributed by atoms with van der Waals surface area (Å²) in [6.45, 7) is 8.54. The molecule has 1 aromatic heterocycles. The lowest BCUT2D eigenvalue weighted by Crippen LogP contribution is -2.31. The van der Waals surface area contributed by atoms with Crippen molar-refractivity contribution in [2.45, 2.75) is 27.2 Å². The molecule has 1 saturated heterocycles. The van der Waals surface area contributed by atoms with Gasteiger partial charge >= 0.3 is 0 Å². The zero-order valence-electron chi connectivity index (χ0n) is 12.4. The number of amides is 1. The van der Waals surface area contributed by atoms with Crippen LogP contribution in [0.15, 0.2) is 30.5 Å². The molecule has 3 nitrogen and oxygen atoms in total. The van der Waals surface area contributed by atoms with Crippen LogP contribution >= 0.6 is 0 Å². The number of H-pyrrole nitrogens is 1. The van der Waals surface area contributed by atoms with Gasteiger partial charge in [0.1, 0.15) is 0 Å². The maximum absolute atomic E-state index is 12.7. The summed E-state index contributed by atoms with van der Waals surface area (Å²) in [5.74, 6) is 0.755. The van der Waals surface area contributed by atoms with Gasteiger partial charge in [-0.3, -0.25) is 4.79 Å². The normalized spacial score (nSPS) is 19.8. The van der Waals surface area contributed by atoms with Crippen LogP contribution in [0.25, 0.3) is 10.9 Å². The first-order valence-corrected chi connectivity index (χ1v) is 7.32. The Hall–Kier alpha value is -1.77. The first-order valence-electron chi connectivity index (χ1n) is 7.32. The number of benzene rings is 1. The summed E-state index contributed by atoms with van der Waals surface area (Å²) < 4.78 is 0. The van der Waals surface area contributed by atoms with Gasteiger partial charge in [-0.2, -0.15) is 0 Å². The molecule has 0 radical (unpaired) electrons. The number of nitrogens with one attached hydrogen (secondary N) is 1. The molecule has 3 rings (SSSR count). The van der Waals surface area contributed by atoms with Crippen LogP contribution in [0.5, 0.6) is 0 Å². The van der Waals surface area contributed by atoms with Crippen LogP contribution in [0.4, 0.5) is 0 Å². The van der Waals surface area contributed by atoms with E-state index in [2.05, 4.69) is 25.8 Å². The van der Waals surface area contributed by atoms with Crippen LogP contribution in [0, 0.1) is 11.3 Å². The molecule has 1 aromatic carbocycles. The van der Waals surface area contributed by atoms with E-state index < -0.39 is 0 Å². The maximum atomic E-state index is 12.7. The summed E-state index contributed by atoms with van der Waals surface area (Å²) in [7, 11) is 0. The number of aromatic amines is 1. The van der Waals surface area contributed by atoms with Crippen molar-refractivity contribution < 1.29 is 4.79 Å². The second-order valence-corrected chi connectivity index (χ2v) is 6.85. The number of aromatic nitrogens is 1. The predicted molar refractivity (Wildman–Crippen MR) is 81.8 cm³/mol. The fraction of sp³-hybridized carbons (Fsp3) is 0.471. The third kappa shape index (κ3) is 2.21. The monoisotopic (exact) mass is 270 g/mol. The van der Waals surface area contributed by atoms with E-state index in [-0.39, 0.29) is 11.3 Å². The van der Waals surface area contributed by atoms with Gasteiger partial charge in [0.25, 0.3) is 5.91 Å². The van der Waals surface area contributed by atoms with Crippen LogP contribution < -0.4 is 0 Å². The zero-order valence-corrected chi connectivity index (χ0v) is 12.4.